The van der Waals surface area contributed by atoms with Gasteiger partial charge in [0, 0.05) is 17.1 Å². The van der Waals surface area contributed by atoms with Gasteiger partial charge in [-0.25, -0.2) is 9.78 Å². The maximum atomic E-state index is 11.1. The predicted octanol–water partition coefficient (Wildman–Crippen LogP) is 3.62. The molecule has 0 aliphatic carbocycles. The Morgan fingerprint density at radius 2 is 2.05 bits per heavy atom. The summed E-state index contributed by atoms with van der Waals surface area (Å²) in [5.41, 5.74) is 2.36. The number of aryl methyl sites for hydroxylation is 2. The van der Waals surface area contributed by atoms with Crippen molar-refractivity contribution in [3.8, 4) is 0 Å². The van der Waals surface area contributed by atoms with E-state index in [9.17, 15) is 4.79 Å². The van der Waals surface area contributed by atoms with Crippen LogP contribution in [0, 0.1) is 13.8 Å². The fourth-order valence-corrected chi connectivity index (χ4v) is 2.95. The van der Waals surface area contributed by atoms with E-state index in [0.717, 1.165) is 27.8 Å². The Morgan fingerprint density at radius 3 is 2.58 bits per heavy atom. The van der Waals surface area contributed by atoms with Crippen molar-refractivity contribution in [2.45, 2.75) is 20.8 Å². The maximum Gasteiger partial charge on any atom is 0.355 e. The zero-order valence-electron chi connectivity index (χ0n) is 11.2. The predicted molar refractivity (Wildman–Crippen MR) is 77.7 cm³/mol. The molecule has 1 heterocycles. The largest absolute Gasteiger partial charge is 0.476 e. The molecule has 0 saturated heterocycles. The van der Waals surface area contributed by atoms with Gasteiger partial charge < -0.3 is 10.0 Å². The van der Waals surface area contributed by atoms with Crippen molar-refractivity contribution in [2.75, 3.05) is 11.4 Å². The Labute approximate surface area is 116 Å². The molecule has 0 aliphatic rings. The Hall–Kier alpha value is -1.88. The quantitative estimate of drug-likeness (QED) is 0.926. The topological polar surface area (TPSA) is 53.4 Å². The summed E-state index contributed by atoms with van der Waals surface area (Å²) < 4.78 is 0. The fourth-order valence-electron chi connectivity index (χ4n) is 1.97. The summed E-state index contributed by atoms with van der Waals surface area (Å²) >= 11 is 1.41. The second kappa shape index (κ2) is 5.40. The number of aromatic nitrogens is 1. The summed E-state index contributed by atoms with van der Waals surface area (Å²) in [5, 5.41) is 9.81. The number of anilines is 2. The van der Waals surface area contributed by atoms with Crippen LogP contribution < -0.4 is 4.90 Å². The third-order valence-corrected chi connectivity index (χ3v) is 3.94. The van der Waals surface area contributed by atoms with E-state index in [4.69, 9.17) is 5.11 Å². The molecule has 0 fully saturated rings. The summed E-state index contributed by atoms with van der Waals surface area (Å²) in [6, 6.07) is 8.03. The van der Waals surface area contributed by atoms with Crippen LogP contribution in [0.15, 0.2) is 24.3 Å². The van der Waals surface area contributed by atoms with Crippen molar-refractivity contribution < 1.29 is 9.90 Å². The molecule has 0 radical (unpaired) electrons. The van der Waals surface area contributed by atoms with Gasteiger partial charge in [-0.1, -0.05) is 18.2 Å². The van der Waals surface area contributed by atoms with Crippen LogP contribution in [0.3, 0.4) is 0 Å². The van der Waals surface area contributed by atoms with Gasteiger partial charge in [0.15, 0.2) is 10.8 Å². The van der Waals surface area contributed by atoms with Crippen molar-refractivity contribution in [3.63, 3.8) is 0 Å². The molecule has 19 heavy (non-hydrogen) atoms. The minimum Gasteiger partial charge on any atom is -0.476 e. The van der Waals surface area contributed by atoms with Crippen LogP contribution in [-0.2, 0) is 0 Å². The van der Waals surface area contributed by atoms with Gasteiger partial charge in [-0.15, -0.1) is 11.3 Å². The number of benzene rings is 1. The van der Waals surface area contributed by atoms with E-state index in [-0.39, 0.29) is 5.69 Å². The van der Waals surface area contributed by atoms with Crippen LogP contribution in [0.2, 0.25) is 0 Å². The Bertz CT molecular complexity index is 607. The molecule has 0 spiro atoms. The molecule has 5 heteroatoms. The first-order valence-corrected chi connectivity index (χ1v) is 6.90. The van der Waals surface area contributed by atoms with E-state index in [2.05, 4.69) is 4.98 Å². The highest BCUT2D eigenvalue weighted by Gasteiger charge is 2.19. The van der Waals surface area contributed by atoms with E-state index >= 15 is 0 Å². The zero-order valence-corrected chi connectivity index (χ0v) is 12.0. The molecule has 100 valence electrons. The second-order valence-corrected chi connectivity index (χ2v) is 5.42. The minimum absolute atomic E-state index is 0.145. The van der Waals surface area contributed by atoms with E-state index in [1.165, 1.54) is 11.3 Å². The van der Waals surface area contributed by atoms with E-state index in [1.54, 1.807) is 6.92 Å². The van der Waals surface area contributed by atoms with Crippen LogP contribution in [0.4, 0.5) is 10.8 Å². The van der Waals surface area contributed by atoms with Crippen molar-refractivity contribution in [3.05, 3.63) is 40.4 Å². The van der Waals surface area contributed by atoms with Crippen molar-refractivity contribution in [1.82, 2.24) is 4.98 Å². The Morgan fingerprint density at radius 1 is 1.37 bits per heavy atom. The highest BCUT2D eigenvalue weighted by Crippen LogP contribution is 2.32. The number of aromatic carboxylic acids is 1. The maximum absolute atomic E-state index is 11.1. The lowest BCUT2D eigenvalue weighted by Gasteiger charge is -2.21. The van der Waals surface area contributed by atoms with E-state index in [0.29, 0.717) is 0 Å². The monoisotopic (exact) mass is 276 g/mol. The molecule has 0 bridgehead atoms. The number of hydrogen-bond donors (Lipinski definition) is 1. The van der Waals surface area contributed by atoms with Crippen LogP contribution in [0.25, 0.3) is 0 Å². The normalized spacial score (nSPS) is 10.5. The Balaban J connectivity index is 2.46. The van der Waals surface area contributed by atoms with Gasteiger partial charge in [0.25, 0.3) is 0 Å². The van der Waals surface area contributed by atoms with Crippen LogP contribution in [-0.4, -0.2) is 22.6 Å². The van der Waals surface area contributed by atoms with Gasteiger partial charge in [-0.2, -0.15) is 0 Å². The van der Waals surface area contributed by atoms with Crippen LogP contribution in [0.5, 0.6) is 0 Å². The van der Waals surface area contributed by atoms with Gasteiger partial charge in [0.05, 0.1) is 0 Å². The molecular formula is C14H16N2O2S. The lowest BCUT2D eigenvalue weighted by atomic mass is 10.2. The summed E-state index contributed by atoms with van der Waals surface area (Å²) in [6.45, 7) is 6.60. The highest BCUT2D eigenvalue weighted by molar-refractivity contribution is 7.15. The summed E-state index contributed by atoms with van der Waals surface area (Å²) in [4.78, 5) is 18.1. The third kappa shape index (κ3) is 2.61. The molecule has 2 aromatic rings. The second-order valence-electron chi connectivity index (χ2n) is 4.24. The number of carbonyl (C=O) groups is 1. The molecule has 2 rings (SSSR count). The first kappa shape index (κ1) is 13.5. The van der Waals surface area contributed by atoms with Gasteiger partial charge in [0.1, 0.15) is 0 Å². The molecule has 1 aromatic carbocycles. The van der Waals surface area contributed by atoms with Crippen LogP contribution in [0.1, 0.15) is 27.9 Å². The number of nitrogens with zero attached hydrogens (tertiary/aromatic N) is 2. The number of hydrogen-bond acceptors (Lipinski definition) is 4. The summed E-state index contributed by atoms with van der Waals surface area (Å²) in [6.07, 6.45) is 0. The van der Waals surface area contributed by atoms with Crippen molar-refractivity contribution in [2.24, 2.45) is 0 Å². The number of para-hydroxylation sites is 1. The molecule has 0 saturated carbocycles. The van der Waals surface area contributed by atoms with Crippen LogP contribution >= 0.6 is 11.3 Å². The standard InChI is InChI=1S/C14H16N2O2S/c1-4-16(11-8-6-5-7-9(11)2)14-15-12(13(17)18)10(3)19-14/h5-8H,4H2,1-3H3,(H,17,18). The lowest BCUT2D eigenvalue weighted by molar-refractivity contribution is 0.0690. The van der Waals surface area contributed by atoms with Crippen molar-refractivity contribution >= 4 is 28.1 Å². The molecule has 0 unspecified atom stereocenters. The average Bonchev–Trinajstić information content (AvgIpc) is 2.75. The molecule has 1 N–H and O–H groups in total. The third-order valence-electron chi connectivity index (χ3n) is 2.94. The lowest BCUT2D eigenvalue weighted by Crippen LogP contribution is -2.17. The first-order chi connectivity index (χ1) is 9.04. The zero-order chi connectivity index (χ0) is 14.0. The fraction of sp³-hybridized carbons (Fsp3) is 0.286. The van der Waals surface area contributed by atoms with E-state index < -0.39 is 5.97 Å². The summed E-state index contributed by atoms with van der Waals surface area (Å²) in [7, 11) is 0. The smallest absolute Gasteiger partial charge is 0.355 e. The van der Waals surface area contributed by atoms with Gasteiger partial charge >= 0.3 is 5.97 Å². The SMILES string of the molecule is CCN(c1nc(C(=O)O)c(C)s1)c1ccccc1C. The molecule has 4 nitrogen and oxygen atoms in total. The number of thiazole rings is 1. The molecular weight excluding hydrogens is 260 g/mol. The van der Waals surface area contributed by atoms with Gasteiger partial charge in [-0.05, 0) is 32.4 Å². The molecule has 0 amide bonds. The average molecular weight is 276 g/mol. The van der Waals surface area contributed by atoms with E-state index in [1.807, 2.05) is 43.0 Å². The first-order valence-electron chi connectivity index (χ1n) is 6.08. The molecule has 1 aromatic heterocycles. The minimum atomic E-state index is -0.971. The summed E-state index contributed by atoms with van der Waals surface area (Å²) in [5.74, 6) is -0.971. The number of rotatable bonds is 4. The highest BCUT2D eigenvalue weighted by atomic mass is 32.1. The number of carboxylic acid groups (broad SMARTS) is 1. The van der Waals surface area contributed by atoms with Crippen molar-refractivity contribution in [1.29, 1.82) is 0 Å². The molecule has 0 aliphatic heterocycles. The molecule has 0 atom stereocenters. The van der Waals surface area contributed by atoms with Gasteiger partial charge in [-0.3, -0.25) is 0 Å². The number of carboxylic acids is 1. The Kier molecular flexibility index (Phi) is 3.85. The van der Waals surface area contributed by atoms with Gasteiger partial charge in [0.2, 0.25) is 0 Å².